The molecule has 18 heavy (non-hydrogen) atoms. The molecule has 0 atom stereocenters. The van der Waals surface area contributed by atoms with Crippen LogP contribution in [0.4, 0.5) is 0 Å². The highest BCUT2D eigenvalue weighted by atomic mass is 32.1. The van der Waals surface area contributed by atoms with Crippen LogP contribution in [0.3, 0.4) is 0 Å². The fourth-order valence-corrected chi connectivity index (χ4v) is 2.18. The largest absolute Gasteiger partial charge is 0.326 e. The van der Waals surface area contributed by atoms with Gasteiger partial charge >= 0.3 is 0 Å². The Labute approximate surface area is 115 Å². The maximum Gasteiger partial charge on any atom is 0.0801 e. The molecule has 0 aliphatic carbocycles. The lowest BCUT2D eigenvalue weighted by Crippen LogP contribution is -1.95. The van der Waals surface area contributed by atoms with Gasteiger partial charge < -0.3 is 5.73 Å². The van der Waals surface area contributed by atoms with Crippen molar-refractivity contribution < 1.29 is 0 Å². The lowest BCUT2D eigenvalue weighted by atomic mass is 10.1. The Kier molecular flexibility index (Phi) is 9.15. The maximum absolute atomic E-state index is 5.54. The van der Waals surface area contributed by atoms with Crippen molar-refractivity contribution in [3.8, 4) is 10.4 Å². The van der Waals surface area contributed by atoms with Gasteiger partial charge in [-0.05, 0) is 18.1 Å². The van der Waals surface area contributed by atoms with Gasteiger partial charge in [0, 0.05) is 6.54 Å². The molecule has 0 bridgehead atoms. The second kappa shape index (κ2) is 9.80. The van der Waals surface area contributed by atoms with Crippen LogP contribution in [-0.2, 0) is 6.54 Å². The molecule has 3 heteroatoms. The SMILES string of the molecule is CC.CC.Cc1ncsc1-c1ccc(CN)cc1. The predicted octanol–water partition coefficient (Wildman–Crippen LogP) is 4.63. The molecule has 0 amide bonds. The van der Waals surface area contributed by atoms with Crippen LogP contribution < -0.4 is 5.73 Å². The first-order valence-corrected chi connectivity index (χ1v) is 7.38. The van der Waals surface area contributed by atoms with Crippen LogP contribution in [0.25, 0.3) is 10.4 Å². The summed E-state index contributed by atoms with van der Waals surface area (Å²) < 4.78 is 0. The van der Waals surface area contributed by atoms with Gasteiger partial charge in [0.1, 0.15) is 0 Å². The van der Waals surface area contributed by atoms with E-state index in [1.54, 1.807) is 11.3 Å². The average molecular weight is 264 g/mol. The summed E-state index contributed by atoms with van der Waals surface area (Å²) in [6.07, 6.45) is 0. The molecular formula is C15H24N2S. The van der Waals surface area contributed by atoms with E-state index < -0.39 is 0 Å². The molecule has 0 radical (unpaired) electrons. The van der Waals surface area contributed by atoms with Gasteiger partial charge in [0.15, 0.2) is 0 Å². The van der Waals surface area contributed by atoms with Gasteiger partial charge in [-0.1, -0.05) is 52.0 Å². The number of hydrogen-bond acceptors (Lipinski definition) is 3. The van der Waals surface area contributed by atoms with Crippen molar-refractivity contribution in [2.24, 2.45) is 5.73 Å². The highest BCUT2D eigenvalue weighted by Gasteiger charge is 2.03. The minimum atomic E-state index is 0.599. The summed E-state index contributed by atoms with van der Waals surface area (Å²) in [7, 11) is 0. The Morgan fingerprint density at radius 2 is 1.61 bits per heavy atom. The minimum Gasteiger partial charge on any atom is -0.326 e. The van der Waals surface area contributed by atoms with Gasteiger partial charge in [0.2, 0.25) is 0 Å². The standard InChI is InChI=1S/C11H12N2S.2C2H6/c1-8-11(14-7-13-8)10-4-2-9(6-12)3-5-10;2*1-2/h2-5,7H,6,12H2,1H3;2*1-2H3. The van der Waals surface area contributed by atoms with Crippen molar-refractivity contribution in [2.45, 2.75) is 41.2 Å². The molecule has 2 nitrogen and oxygen atoms in total. The topological polar surface area (TPSA) is 38.9 Å². The number of rotatable bonds is 2. The molecule has 0 unspecified atom stereocenters. The molecule has 0 aliphatic rings. The zero-order valence-corrected chi connectivity index (χ0v) is 12.8. The quantitative estimate of drug-likeness (QED) is 0.859. The Morgan fingerprint density at radius 1 is 1.06 bits per heavy atom. The Hall–Kier alpha value is -1.19. The molecule has 0 spiro atoms. The van der Waals surface area contributed by atoms with Crippen LogP contribution in [-0.4, -0.2) is 4.98 Å². The minimum absolute atomic E-state index is 0.599. The van der Waals surface area contributed by atoms with E-state index >= 15 is 0 Å². The lowest BCUT2D eigenvalue weighted by Gasteiger charge is -2.00. The van der Waals surface area contributed by atoms with Crippen molar-refractivity contribution in [3.63, 3.8) is 0 Å². The van der Waals surface area contributed by atoms with E-state index in [2.05, 4.69) is 29.2 Å². The van der Waals surface area contributed by atoms with E-state index in [0.29, 0.717) is 6.54 Å². The van der Waals surface area contributed by atoms with Gasteiger partial charge in [0.25, 0.3) is 0 Å². The molecule has 0 saturated carbocycles. The zero-order valence-electron chi connectivity index (χ0n) is 12.0. The zero-order chi connectivity index (χ0) is 14.0. The molecule has 2 aromatic rings. The van der Waals surface area contributed by atoms with Crippen molar-refractivity contribution >= 4 is 11.3 Å². The number of benzene rings is 1. The highest BCUT2D eigenvalue weighted by molar-refractivity contribution is 7.13. The summed E-state index contributed by atoms with van der Waals surface area (Å²) in [5.74, 6) is 0. The summed E-state index contributed by atoms with van der Waals surface area (Å²) in [5, 5.41) is 0. The van der Waals surface area contributed by atoms with E-state index in [1.807, 2.05) is 40.1 Å². The van der Waals surface area contributed by atoms with Gasteiger partial charge in [0.05, 0.1) is 16.1 Å². The Balaban J connectivity index is 0.000000659. The van der Waals surface area contributed by atoms with Crippen molar-refractivity contribution in [1.29, 1.82) is 0 Å². The average Bonchev–Trinajstić information content (AvgIpc) is 2.89. The Bertz CT molecular complexity index is 418. The van der Waals surface area contributed by atoms with Crippen LogP contribution in [0, 0.1) is 6.92 Å². The van der Waals surface area contributed by atoms with Crippen LogP contribution in [0.15, 0.2) is 29.8 Å². The smallest absolute Gasteiger partial charge is 0.0801 e. The first-order chi connectivity index (χ1) is 8.81. The summed E-state index contributed by atoms with van der Waals surface area (Å²) in [6, 6.07) is 8.33. The molecule has 1 heterocycles. The van der Waals surface area contributed by atoms with E-state index in [1.165, 1.54) is 10.4 Å². The fraction of sp³-hybridized carbons (Fsp3) is 0.400. The molecule has 0 fully saturated rings. The van der Waals surface area contributed by atoms with E-state index in [-0.39, 0.29) is 0 Å². The number of nitrogens with two attached hydrogens (primary N) is 1. The van der Waals surface area contributed by atoms with Gasteiger partial charge in [-0.3, -0.25) is 0 Å². The molecular weight excluding hydrogens is 240 g/mol. The summed E-state index contributed by atoms with van der Waals surface area (Å²) in [6.45, 7) is 10.6. The van der Waals surface area contributed by atoms with Crippen molar-refractivity contribution in [3.05, 3.63) is 41.0 Å². The first-order valence-electron chi connectivity index (χ1n) is 6.50. The van der Waals surface area contributed by atoms with Crippen LogP contribution in [0.2, 0.25) is 0 Å². The summed E-state index contributed by atoms with van der Waals surface area (Å²) in [5.41, 5.74) is 10.9. The molecule has 1 aromatic heterocycles. The third-order valence-corrected chi connectivity index (χ3v) is 3.17. The monoisotopic (exact) mass is 264 g/mol. The normalized spacial score (nSPS) is 8.78. The van der Waals surface area contributed by atoms with Crippen molar-refractivity contribution in [1.82, 2.24) is 4.98 Å². The number of aryl methyl sites for hydroxylation is 1. The fourth-order valence-electron chi connectivity index (χ4n) is 1.37. The second-order valence-corrected chi connectivity index (χ2v) is 4.02. The van der Waals surface area contributed by atoms with E-state index in [4.69, 9.17) is 5.73 Å². The number of thiazole rings is 1. The Morgan fingerprint density at radius 3 is 2.00 bits per heavy atom. The number of hydrogen-bond donors (Lipinski definition) is 1. The molecule has 0 saturated heterocycles. The molecule has 0 aliphatic heterocycles. The van der Waals surface area contributed by atoms with E-state index in [0.717, 1.165) is 11.3 Å². The van der Waals surface area contributed by atoms with Gasteiger partial charge in [-0.25, -0.2) is 4.98 Å². The van der Waals surface area contributed by atoms with Crippen LogP contribution in [0.1, 0.15) is 39.0 Å². The maximum atomic E-state index is 5.54. The lowest BCUT2D eigenvalue weighted by molar-refractivity contribution is 1.07. The first kappa shape index (κ1) is 16.8. The number of nitrogens with zero attached hydrogens (tertiary/aromatic N) is 1. The molecule has 2 rings (SSSR count). The van der Waals surface area contributed by atoms with Crippen LogP contribution in [0.5, 0.6) is 0 Å². The van der Waals surface area contributed by atoms with Crippen molar-refractivity contribution in [2.75, 3.05) is 0 Å². The summed E-state index contributed by atoms with van der Waals surface area (Å²) >= 11 is 1.67. The summed E-state index contributed by atoms with van der Waals surface area (Å²) in [4.78, 5) is 5.47. The van der Waals surface area contributed by atoms with E-state index in [9.17, 15) is 0 Å². The van der Waals surface area contributed by atoms with Gasteiger partial charge in [-0.15, -0.1) is 11.3 Å². The third-order valence-electron chi connectivity index (χ3n) is 2.20. The number of aromatic nitrogens is 1. The third kappa shape index (κ3) is 4.59. The molecule has 1 aromatic carbocycles. The molecule has 2 N–H and O–H groups in total. The van der Waals surface area contributed by atoms with Gasteiger partial charge in [-0.2, -0.15) is 0 Å². The predicted molar refractivity (Wildman–Crippen MR) is 82.9 cm³/mol. The highest BCUT2D eigenvalue weighted by Crippen LogP contribution is 2.26. The molecule has 100 valence electrons. The second-order valence-electron chi connectivity index (χ2n) is 3.17. The van der Waals surface area contributed by atoms with Crippen LogP contribution >= 0.6 is 11.3 Å².